The molecule has 29 heavy (non-hydrogen) atoms. The Morgan fingerprint density at radius 3 is 2.76 bits per heavy atom. The highest BCUT2D eigenvalue weighted by atomic mass is 16.5. The van der Waals surface area contributed by atoms with Crippen molar-refractivity contribution in [2.75, 3.05) is 31.1 Å². The molecular weight excluding hydrogens is 364 g/mol. The van der Waals surface area contributed by atoms with Gasteiger partial charge in [-0.05, 0) is 62.2 Å². The van der Waals surface area contributed by atoms with E-state index in [2.05, 4.69) is 47.9 Å². The highest BCUT2D eigenvalue weighted by molar-refractivity contribution is 5.81. The number of benzene rings is 2. The van der Waals surface area contributed by atoms with Gasteiger partial charge < -0.3 is 14.1 Å². The average molecular weight is 392 g/mol. The van der Waals surface area contributed by atoms with E-state index in [0.29, 0.717) is 18.2 Å². The number of aryl methyl sites for hydroxylation is 1. The smallest absolute Gasteiger partial charge is 0.336 e. The lowest BCUT2D eigenvalue weighted by Gasteiger charge is -2.41. The van der Waals surface area contributed by atoms with Crippen molar-refractivity contribution in [3.63, 3.8) is 0 Å². The van der Waals surface area contributed by atoms with Gasteiger partial charge in [-0.1, -0.05) is 12.1 Å². The van der Waals surface area contributed by atoms with Crippen molar-refractivity contribution < 1.29 is 9.15 Å². The maximum absolute atomic E-state index is 12.1. The van der Waals surface area contributed by atoms with Crippen LogP contribution >= 0.6 is 0 Å². The number of rotatable bonds is 5. The Balaban J connectivity index is 1.55. The lowest BCUT2D eigenvalue weighted by molar-refractivity contribution is 0.221. The Labute approximate surface area is 171 Å². The molecule has 0 spiro atoms. The normalized spacial score (nSPS) is 17.6. The largest absolute Gasteiger partial charge is 0.494 e. The van der Waals surface area contributed by atoms with Gasteiger partial charge in [0.25, 0.3) is 0 Å². The number of hydrogen-bond donors (Lipinski definition) is 0. The van der Waals surface area contributed by atoms with Gasteiger partial charge in [-0.15, -0.1) is 0 Å². The molecule has 0 amide bonds. The topological polar surface area (TPSA) is 45.9 Å². The van der Waals surface area contributed by atoms with Crippen LogP contribution in [0.15, 0.2) is 57.7 Å². The van der Waals surface area contributed by atoms with Crippen molar-refractivity contribution in [1.29, 1.82) is 0 Å². The zero-order valence-corrected chi connectivity index (χ0v) is 17.4. The molecule has 4 rings (SSSR count). The SMILES string of the molecule is CCOc1ccc2oc(=O)cc(CN3CCN(c4cccc(C)c4)[C@@H](C)C3)c2c1. The van der Waals surface area contributed by atoms with Gasteiger partial charge in [0.05, 0.1) is 6.61 Å². The molecule has 1 atom stereocenters. The fourth-order valence-electron chi connectivity index (χ4n) is 4.20. The summed E-state index contributed by atoms with van der Waals surface area (Å²) in [5.74, 6) is 0.799. The van der Waals surface area contributed by atoms with Gasteiger partial charge >= 0.3 is 5.63 Å². The monoisotopic (exact) mass is 392 g/mol. The number of fused-ring (bicyclic) bond motifs is 1. The molecule has 1 aliphatic heterocycles. The van der Waals surface area contributed by atoms with Crippen LogP contribution in [0.2, 0.25) is 0 Å². The summed E-state index contributed by atoms with van der Waals surface area (Å²) in [5, 5.41) is 0.948. The molecule has 152 valence electrons. The molecule has 0 bridgehead atoms. The second-order valence-electron chi connectivity index (χ2n) is 7.80. The molecule has 2 aromatic carbocycles. The van der Waals surface area contributed by atoms with E-state index < -0.39 is 0 Å². The Kier molecular flexibility index (Phi) is 5.58. The van der Waals surface area contributed by atoms with Crippen LogP contribution in [-0.4, -0.2) is 37.2 Å². The van der Waals surface area contributed by atoms with Crippen molar-refractivity contribution in [3.05, 3.63) is 70.1 Å². The molecule has 0 N–H and O–H groups in total. The predicted octanol–water partition coefficient (Wildman–Crippen LogP) is 4.21. The molecule has 0 aliphatic carbocycles. The molecule has 1 aliphatic rings. The van der Waals surface area contributed by atoms with E-state index in [4.69, 9.17) is 9.15 Å². The van der Waals surface area contributed by atoms with Crippen LogP contribution in [0, 0.1) is 6.92 Å². The standard InChI is InChI=1S/C24H28N2O3/c1-4-28-21-8-9-23-22(14-21)19(13-24(27)29-23)16-25-10-11-26(18(3)15-25)20-7-5-6-17(2)12-20/h5-9,12-14,18H,4,10-11,15-16H2,1-3H3/t18-/m0/s1. The second-order valence-corrected chi connectivity index (χ2v) is 7.80. The first-order valence-corrected chi connectivity index (χ1v) is 10.3. The molecule has 0 saturated carbocycles. The number of hydrogen-bond acceptors (Lipinski definition) is 5. The number of piperazine rings is 1. The third-order valence-electron chi connectivity index (χ3n) is 5.55. The van der Waals surface area contributed by atoms with Crippen molar-refractivity contribution in [3.8, 4) is 5.75 Å². The number of anilines is 1. The predicted molar refractivity (Wildman–Crippen MR) is 117 cm³/mol. The van der Waals surface area contributed by atoms with Crippen LogP contribution in [0.25, 0.3) is 11.0 Å². The van der Waals surface area contributed by atoms with Gasteiger partial charge in [-0.3, -0.25) is 4.90 Å². The van der Waals surface area contributed by atoms with Gasteiger partial charge in [-0.25, -0.2) is 4.79 Å². The van der Waals surface area contributed by atoms with Crippen molar-refractivity contribution in [2.45, 2.75) is 33.4 Å². The lowest BCUT2D eigenvalue weighted by Crippen LogP contribution is -2.51. The summed E-state index contributed by atoms with van der Waals surface area (Å²) in [5.41, 5.74) is 3.87. The Hall–Kier alpha value is -2.79. The minimum Gasteiger partial charge on any atom is -0.494 e. The quantitative estimate of drug-likeness (QED) is 0.609. The van der Waals surface area contributed by atoms with Crippen LogP contribution in [0.4, 0.5) is 5.69 Å². The minimum atomic E-state index is -0.303. The molecule has 0 unspecified atom stereocenters. The maximum Gasteiger partial charge on any atom is 0.336 e. The fraction of sp³-hybridized carbons (Fsp3) is 0.375. The van der Waals surface area contributed by atoms with E-state index in [1.807, 2.05) is 25.1 Å². The average Bonchev–Trinajstić information content (AvgIpc) is 2.69. The van der Waals surface area contributed by atoms with Gasteiger partial charge in [0.1, 0.15) is 11.3 Å². The van der Waals surface area contributed by atoms with Gasteiger partial charge in [0.2, 0.25) is 0 Å². The molecule has 0 radical (unpaired) electrons. The van der Waals surface area contributed by atoms with Crippen molar-refractivity contribution >= 4 is 16.7 Å². The number of nitrogens with zero attached hydrogens (tertiary/aromatic N) is 2. The van der Waals surface area contributed by atoms with E-state index in [1.54, 1.807) is 6.07 Å². The van der Waals surface area contributed by atoms with Crippen LogP contribution < -0.4 is 15.3 Å². The van der Waals surface area contributed by atoms with E-state index >= 15 is 0 Å². The molecule has 3 aromatic rings. The summed E-state index contributed by atoms with van der Waals surface area (Å²) in [4.78, 5) is 16.9. The van der Waals surface area contributed by atoms with Crippen molar-refractivity contribution in [1.82, 2.24) is 4.90 Å². The third kappa shape index (κ3) is 4.30. The van der Waals surface area contributed by atoms with Crippen LogP contribution in [0.5, 0.6) is 5.75 Å². The highest BCUT2D eigenvalue weighted by Gasteiger charge is 2.24. The van der Waals surface area contributed by atoms with Crippen molar-refractivity contribution in [2.24, 2.45) is 0 Å². The fourth-order valence-corrected chi connectivity index (χ4v) is 4.20. The van der Waals surface area contributed by atoms with Crippen LogP contribution in [0.1, 0.15) is 25.0 Å². The molecule has 5 nitrogen and oxygen atoms in total. The summed E-state index contributed by atoms with van der Waals surface area (Å²) in [7, 11) is 0. The zero-order valence-electron chi connectivity index (χ0n) is 17.4. The van der Waals surface area contributed by atoms with E-state index in [0.717, 1.165) is 42.9 Å². The van der Waals surface area contributed by atoms with Gasteiger partial charge in [-0.2, -0.15) is 0 Å². The first kappa shape index (κ1) is 19.5. The van der Waals surface area contributed by atoms with E-state index in [-0.39, 0.29) is 5.63 Å². The first-order chi connectivity index (χ1) is 14.0. The zero-order chi connectivity index (χ0) is 20.4. The number of ether oxygens (including phenoxy) is 1. The molecule has 1 aromatic heterocycles. The van der Waals surface area contributed by atoms with Gasteiger partial charge in [0.15, 0.2) is 0 Å². The maximum atomic E-state index is 12.1. The Bertz CT molecular complexity index is 1060. The Morgan fingerprint density at radius 2 is 2.00 bits per heavy atom. The summed E-state index contributed by atoms with van der Waals surface area (Å²) in [6, 6.07) is 16.4. The summed E-state index contributed by atoms with van der Waals surface area (Å²) in [6.45, 7) is 10.6. The van der Waals surface area contributed by atoms with E-state index in [1.165, 1.54) is 11.3 Å². The lowest BCUT2D eigenvalue weighted by atomic mass is 10.1. The molecule has 1 fully saturated rings. The third-order valence-corrected chi connectivity index (χ3v) is 5.55. The van der Waals surface area contributed by atoms with Crippen LogP contribution in [0.3, 0.4) is 0 Å². The van der Waals surface area contributed by atoms with Crippen LogP contribution in [-0.2, 0) is 6.54 Å². The highest BCUT2D eigenvalue weighted by Crippen LogP contribution is 2.26. The van der Waals surface area contributed by atoms with E-state index in [9.17, 15) is 4.79 Å². The first-order valence-electron chi connectivity index (χ1n) is 10.3. The molecule has 2 heterocycles. The summed E-state index contributed by atoms with van der Waals surface area (Å²) >= 11 is 0. The molecule has 1 saturated heterocycles. The minimum absolute atomic E-state index is 0.303. The van der Waals surface area contributed by atoms with Gasteiger partial charge in [0, 0.05) is 49.4 Å². The second kappa shape index (κ2) is 8.29. The molecular formula is C24H28N2O3. The molecule has 5 heteroatoms. The summed E-state index contributed by atoms with van der Waals surface area (Å²) < 4.78 is 11.0. The summed E-state index contributed by atoms with van der Waals surface area (Å²) in [6.07, 6.45) is 0. The Morgan fingerprint density at radius 1 is 1.14 bits per heavy atom.